The molecule has 0 aromatic heterocycles. The molecule has 0 heterocycles. The molecule has 1 aromatic carbocycles. The van der Waals surface area contributed by atoms with E-state index in [0.717, 1.165) is 0 Å². The largest absolute Gasteiger partial charge is 0.373 e. The maximum atomic E-state index is 11.3. The highest BCUT2D eigenvalue weighted by Gasteiger charge is 2.08. The molecule has 0 spiro atoms. The van der Waals surface area contributed by atoms with Crippen molar-refractivity contribution in [1.29, 1.82) is 0 Å². The van der Waals surface area contributed by atoms with Crippen LogP contribution in [0.25, 0.3) is 0 Å². The van der Waals surface area contributed by atoms with E-state index >= 15 is 0 Å². The lowest BCUT2D eigenvalue weighted by atomic mass is 10.2. The summed E-state index contributed by atoms with van der Waals surface area (Å²) in [5.74, 6) is -1.09. The van der Waals surface area contributed by atoms with Crippen LogP contribution in [-0.2, 0) is 19.9 Å². The van der Waals surface area contributed by atoms with Gasteiger partial charge in [0, 0.05) is 0 Å². The summed E-state index contributed by atoms with van der Waals surface area (Å²) >= 11 is 0. The molecule has 0 atom stereocenters. The topological polar surface area (TPSA) is 89.9 Å². The molecule has 0 saturated heterocycles. The van der Waals surface area contributed by atoms with Gasteiger partial charge in [0.1, 0.15) is 0 Å². The van der Waals surface area contributed by atoms with Crippen LogP contribution >= 0.6 is 0 Å². The van der Waals surface area contributed by atoms with Crippen LogP contribution in [0, 0.1) is 0 Å². The zero-order valence-electron chi connectivity index (χ0n) is 8.90. The lowest BCUT2D eigenvalue weighted by Crippen LogP contribution is -2.10. The van der Waals surface area contributed by atoms with Gasteiger partial charge in [0.25, 0.3) is 10.1 Å². The maximum absolute atomic E-state index is 11.3. The second-order valence-corrected chi connectivity index (χ2v) is 4.77. The zero-order valence-corrected chi connectivity index (χ0v) is 9.72. The van der Waals surface area contributed by atoms with Gasteiger partial charge in [-0.1, -0.05) is 18.2 Å². The summed E-state index contributed by atoms with van der Waals surface area (Å²) in [5.41, 5.74) is 0.335. The van der Waals surface area contributed by atoms with Crippen LogP contribution in [0.1, 0.15) is 16.8 Å². The average Bonchev–Trinajstić information content (AvgIpc) is 2.28. The Bertz CT molecular complexity index is 453. The lowest BCUT2D eigenvalue weighted by Gasteiger charge is -2.02. The van der Waals surface area contributed by atoms with Crippen LogP contribution < -0.4 is 0 Å². The van der Waals surface area contributed by atoms with Crippen molar-refractivity contribution in [2.24, 2.45) is 0 Å². The first-order valence-corrected chi connectivity index (χ1v) is 6.44. The summed E-state index contributed by atoms with van der Waals surface area (Å²) in [6, 6.07) is 8.22. The number of carbonyl (C=O) groups excluding carboxylic acids is 1. The second kappa shape index (κ2) is 6.33. The second-order valence-electron chi connectivity index (χ2n) is 3.20. The summed E-state index contributed by atoms with van der Waals surface area (Å²) in [6.45, 7) is -0.0988. The normalized spacial score (nSPS) is 11.1. The molecule has 1 aromatic rings. The Morgan fingerprint density at radius 2 is 1.88 bits per heavy atom. The Labute approximate surface area is 98.8 Å². The van der Waals surface area contributed by atoms with E-state index in [0.29, 0.717) is 5.56 Å². The third-order valence-electron chi connectivity index (χ3n) is 1.77. The molecule has 0 fully saturated rings. The molecular weight excluding hydrogens is 248 g/mol. The quantitative estimate of drug-likeness (QED) is 0.356. The minimum Gasteiger partial charge on any atom is -0.293 e. The molecule has 0 aliphatic rings. The van der Waals surface area contributed by atoms with E-state index in [1.165, 1.54) is 0 Å². The lowest BCUT2D eigenvalue weighted by molar-refractivity contribution is -0.240. The molecule has 1 N–H and O–H groups in total. The molecule has 17 heavy (non-hydrogen) atoms. The first-order chi connectivity index (χ1) is 7.99. The van der Waals surface area contributed by atoms with Gasteiger partial charge in [0.2, 0.25) is 0 Å². The van der Waals surface area contributed by atoms with E-state index in [4.69, 9.17) is 4.55 Å². The number of hydrogen-bond donors (Lipinski definition) is 1. The highest BCUT2D eigenvalue weighted by Crippen LogP contribution is 2.01. The smallest absolute Gasteiger partial charge is 0.293 e. The molecule has 0 aliphatic carbocycles. The van der Waals surface area contributed by atoms with Crippen LogP contribution in [0.4, 0.5) is 0 Å². The van der Waals surface area contributed by atoms with E-state index in [-0.39, 0.29) is 13.0 Å². The SMILES string of the molecule is O=C(OOCCCS(=O)(=O)O)c1ccccc1. The molecule has 0 radical (unpaired) electrons. The molecule has 7 heteroatoms. The fourth-order valence-corrected chi connectivity index (χ4v) is 1.50. The summed E-state index contributed by atoms with van der Waals surface area (Å²) < 4.78 is 29.1. The summed E-state index contributed by atoms with van der Waals surface area (Å²) in [7, 11) is -4.00. The Hall–Kier alpha value is -1.44. The maximum Gasteiger partial charge on any atom is 0.373 e. The highest BCUT2D eigenvalue weighted by molar-refractivity contribution is 7.85. The van der Waals surface area contributed by atoms with Crippen LogP contribution in [0.15, 0.2) is 30.3 Å². The van der Waals surface area contributed by atoms with Crippen molar-refractivity contribution in [3.8, 4) is 0 Å². The van der Waals surface area contributed by atoms with Crippen LogP contribution in [0.2, 0.25) is 0 Å². The molecule has 0 unspecified atom stereocenters. The number of hydrogen-bond acceptors (Lipinski definition) is 5. The summed E-state index contributed by atoms with van der Waals surface area (Å²) in [4.78, 5) is 20.2. The summed E-state index contributed by atoms with van der Waals surface area (Å²) in [5, 5.41) is 0. The van der Waals surface area contributed by atoms with Gasteiger partial charge in [-0.25, -0.2) is 4.79 Å². The molecular formula is C10H12O6S. The van der Waals surface area contributed by atoms with Crippen LogP contribution in [0.3, 0.4) is 0 Å². The van der Waals surface area contributed by atoms with Gasteiger partial charge in [0.15, 0.2) is 0 Å². The fourth-order valence-electron chi connectivity index (χ4n) is 1.02. The minimum atomic E-state index is -4.00. The molecule has 0 saturated carbocycles. The van der Waals surface area contributed by atoms with Gasteiger partial charge >= 0.3 is 5.97 Å². The number of carbonyl (C=O) groups is 1. The monoisotopic (exact) mass is 260 g/mol. The molecule has 1 rings (SSSR count). The third-order valence-corrected chi connectivity index (χ3v) is 2.58. The third kappa shape index (κ3) is 6.00. The van der Waals surface area contributed by atoms with Crippen molar-refractivity contribution in [2.45, 2.75) is 6.42 Å². The predicted octanol–water partition coefficient (Wildman–Crippen LogP) is 1.05. The molecule has 94 valence electrons. The molecule has 0 amide bonds. The minimum absolute atomic E-state index is 0.0426. The van der Waals surface area contributed by atoms with Crippen LogP contribution in [-0.4, -0.2) is 31.3 Å². The van der Waals surface area contributed by atoms with Crippen LogP contribution in [0.5, 0.6) is 0 Å². The summed E-state index contributed by atoms with van der Waals surface area (Å²) in [6.07, 6.45) is 0.0426. The fraction of sp³-hybridized carbons (Fsp3) is 0.300. The van der Waals surface area contributed by atoms with Crippen molar-refractivity contribution < 1.29 is 27.5 Å². The Morgan fingerprint density at radius 3 is 2.47 bits per heavy atom. The van der Waals surface area contributed by atoms with Gasteiger partial charge in [-0.3, -0.25) is 9.44 Å². The van der Waals surface area contributed by atoms with Gasteiger partial charge in [-0.2, -0.15) is 13.3 Å². The Balaban J connectivity index is 2.22. The molecule has 0 aliphatic heterocycles. The van der Waals surface area contributed by atoms with E-state index in [2.05, 4.69) is 9.78 Å². The van der Waals surface area contributed by atoms with Gasteiger partial charge in [-0.15, -0.1) is 0 Å². The zero-order chi connectivity index (χ0) is 12.7. The van der Waals surface area contributed by atoms with E-state index in [9.17, 15) is 13.2 Å². The Morgan fingerprint density at radius 1 is 1.24 bits per heavy atom. The first-order valence-electron chi connectivity index (χ1n) is 4.83. The number of rotatable bonds is 6. The standard InChI is InChI=1S/C10H12O6S/c11-10(9-5-2-1-3-6-9)16-15-7-4-8-17(12,13)14/h1-3,5-6H,4,7-8H2,(H,12,13,14). The molecule has 6 nitrogen and oxygen atoms in total. The van der Waals surface area contributed by atoms with Gasteiger partial charge in [-0.05, 0) is 18.6 Å². The van der Waals surface area contributed by atoms with Crippen molar-refractivity contribution in [1.82, 2.24) is 0 Å². The number of benzene rings is 1. The first kappa shape index (κ1) is 13.6. The van der Waals surface area contributed by atoms with Crippen molar-refractivity contribution >= 4 is 16.1 Å². The van der Waals surface area contributed by atoms with Crippen molar-refractivity contribution in [3.05, 3.63) is 35.9 Å². The van der Waals surface area contributed by atoms with E-state index < -0.39 is 21.8 Å². The van der Waals surface area contributed by atoms with Gasteiger partial charge < -0.3 is 0 Å². The van der Waals surface area contributed by atoms with E-state index in [1.54, 1.807) is 30.3 Å². The average molecular weight is 260 g/mol. The highest BCUT2D eigenvalue weighted by atomic mass is 32.2. The molecule has 0 bridgehead atoms. The Kier molecular flexibility index (Phi) is 5.08. The predicted molar refractivity (Wildman–Crippen MR) is 58.8 cm³/mol. The van der Waals surface area contributed by atoms with E-state index in [1.807, 2.05) is 0 Å². The van der Waals surface area contributed by atoms with Crippen molar-refractivity contribution in [2.75, 3.05) is 12.4 Å². The van der Waals surface area contributed by atoms with Crippen molar-refractivity contribution in [3.63, 3.8) is 0 Å². The van der Waals surface area contributed by atoms with Gasteiger partial charge in [0.05, 0.1) is 17.9 Å².